The van der Waals surface area contributed by atoms with Gasteiger partial charge in [0.05, 0.1) is 11.5 Å². The van der Waals surface area contributed by atoms with E-state index < -0.39 is 10.0 Å². The van der Waals surface area contributed by atoms with Crippen LogP contribution in [0.3, 0.4) is 0 Å². The Kier molecular flexibility index (Phi) is 3.19. The number of hydrogen-bond acceptors (Lipinski definition) is 3. The van der Waals surface area contributed by atoms with E-state index >= 15 is 0 Å². The summed E-state index contributed by atoms with van der Waals surface area (Å²) >= 11 is 0. The average molecular weight is 284 g/mol. The van der Waals surface area contributed by atoms with E-state index in [-0.39, 0.29) is 17.5 Å². The lowest BCUT2D eigenvalue weighted by molar-refractivity contribution is 0.270. The lowest BCUT2D eigenvalue weighted by atomic mass is 9.83. The number of nitrogens with one attached hydrogen (secondary N) is 1. The fourth-order valence-electron chi connectivity index (χ4n) is 2.75. The Morgan fingerprint density at radius 3 is 2.63 bits per heavy atom. The van der Waals surface area contributed by atoms with Gasteiger partial charge in [-0.3, -0.25) is 0 Å². The van der Waals surface area contributed by atoms with Crippen LogP contribution in [-0.4, -0.2) is 24.1 Å². The molecule has 0 spiro atoms. The average Bonchev–Trinajstić information content (AvgIpc) is 3.05. The van der Waals surface area contributed by atoms with Crippen molar-refractivity contribution in [3.63, 3.8) is 0 Å². The molecule has 0 aromatic carbocycles. The molecule has 2 fully saturated rings. The van der Waals surface area contributed by atoms with Gasteiger partial charge in [-0.15, -0.1) is 0 Å². The van der Waals surface area contributed by atoms with Crippen LogP contribution in [0.25, 0.3) is 0 Å². The maximum atomic E-state index is 12.3. The van der Waals surface area contributed by atoms with Gasteiger partial charge >= 0.3 is 0 Å². The molecule has 2 N–H and O–H groups in total. The van der Waals surface area contributed by atoms with Gasteiger partial charge in [-0.1, -0.05) is 6.92 Å². The third-order valence-corrected chi connectivity index (χ3v) is 5.50. The third-order valence-electron chi connectivity index (χ3n) is 4.01. The third kappa shape index (κ3) is 2.57. The molecule has 0 atom stereocenters. The van der Waals surface area contributed by atoms with Gasteiger partial charge in [-0.05, 0) is 37.7 Å². The first-order chi connectivity index (χ1) is 8.99. The highest BCUT2D eigenvalue weighted by Crippen LogP contribution is 2.37. The van der Waals surface area contributed by atoms with E-state index in [1.807, 2.05) is 4.57 Å². The van der Waals surface area contributed by atoms with Crippen LogP contribution >= 0.6 is 0 Å². The smallest absolute Gasteiger partial charge is 0.242 e. The summed E-state index contributed by atoms with van der Waals surface area (Å²) in [6.45, 7) is 2.00. The van der Waals surface area contributed by atoms with Gasteiger partial charge in [-0.2, -0.15) is 0 Å². The lowest BCUT2D eigenvalue weighted by Crippen LogP contribution is -2.43. The summed E-state index contributed by atoms with van der Waals surface area (Å²) in [4.78, 5) is 0.281. The molecule has 1 heterocycles. The van der Waals surface area contributed by atoms with E-state index in [2.05, 4.69) is 11.6 Å². The van der Waals surface area contributed by atoms with Crippen molar-refractivity contribution in [3.05, 3.63) is 18.0 Å². The number of aromatic nitrogens is 1. The maximum Gasteiger partial charge on any atom is 0.242 e. The predicted octanol–water partition coefficient (Wildman–Crippen LogP) is 1.39. The monoisotopic (exact) mass is 284 g/mol. The quantitative estimate of drug-likeness (QED) is 0.858. The molecule has 6 heteroatoms. The molecule has 2 saturated carbocycles. The van der Waals surface area contributed by atoms with E-state index in [0.29, 0.717) is 17.7 Å². The van der Waals surface area contributed by atoms with Gasteiger partial charge < -0.3 is 9.67 Å². The topological polar surface area (TPSA) is 71.3 Å². The van der Waals surface area contributed by atoms with Crippen molar-refractivity contribution >= 4 is 10.0 Å². The molecule has 106 valence electrons. The van der Waals surface area contributed by atoms with Crippen LogP contribution in [-0.2, 0) is 16.6 Å². The van der Waals surface area contributed by atoms with Gasteiger partial charge in [0.1, 0.15) is 0 Å². The van der Waals surface area contributed by atoms with Crippen molar-refractivity contribution in [1.82, 2.24) is 9.29 Å². The van der Waals surface area contributed by atoms with Crippen molar-refractivity contribution in [1.29, 1.82) is 0 Å². The molecule has 1 aromatic rings. The van der Waals surface area contributed by atoms with Gasteiger partial charge in [0.15, 0.2) is 0 Å². The summed E-state index contributed by atoms with van der Waals surface area (Å²) < 4.78 is 29.2. The minimum atomic E-state index is -3.44. The Bertz CT molecular complexity index is 569. The number of aliphatic hydroxyl groups excluding tert-OH is 1. The molecule has 0 radical (unpaired) electrons. The fourth-order valence-corrected chi connectivity index (χ4v) is 4.06. The minimum absolute atomic E-state index is 0.0712. The summed E-state index contributed by atoms with van der Waals surface area (Å²) in [5.41, 5.74) is 0.685. The van der Waals surface area contributed by atoms with Crippen LogP contribution < -0.4 is 4.72 Å². The molecule has 0 saturated heterocycles. The molecular formula is C13H20N2O3S. The van der Waals surface area contributed by atoms with E-state index in [4.69, 9.17) is 0 Å². The Labute approximate surface area is 113 Å². The van der Waals surface area contributed by atoms with E-state index in [1.54, 1.807) is 12.3 Å². The molecule has 1 aromatic heterocycles. The molecule has 0 amide bonds. The Hall–Kier alpha value is -0.850. The molecule has 0 aliphatic heterocycles. The number of aliphatic hydroxyl groups is 1. The molecule has 0 bridgehead atoms. The normalized spacial score (nSPS) is 27.3. The van der Waals surface area contributed by atoms with Crippen LogP contribution in [0, 0.1) is 5.92 Å². The van der Waals surface area contributed by atoms with Crippen molar-refractivity contribution < 1.29 is 13.5 Å². The summed E-state index contributed by atoms with van der Waals surface area (Å²) in [5, 5.41) is 9.31. The summed E-state index contributed by atoms with van der Waals surface area (Å²) in [7, 11) is -3.44. The van der Waals surface area contributed by atoms with Crippen LogP contribution in [0.5, 0.6) is 0 Å². The lowest BCUT2D eigenvalue weighted by Gasteiger charge is -2.32. The number of hydrogen-bond donors (Lipinski definition) is 2. The highest BCUT2D eigenvalue weighted by atomic mass is 32.2. The summed E-state index contributed by atoms with van der Waals surface area (Å²) in [6.07, 6.45) is 5.61. The van der Waals surface area contributed by atoms with Crippen molar-refractivity contribution in [2.24, 2.45) is 5.92 Å². The molecular weight excluding hydrogens is 264 g/mol. The molecule has 2 aliphatic carbocycles. The maximum absolute atomic E-state index is 12.3. The first kappa shape index (κ1) is 13.1. The molecule has 0 unspecified atom stereocenters. The van der Waals surface area contributed by atoms with E-state index in [0.717, 1.165) is 25.7 Å². The second-order valence-electron chi connectivity index (χ2n) is 5.86. The number of rotatable bonds is 5. The Balaban J connectivity index is 1.80. The van der Waals surface area contributed by atoms with Crippen LogP contribution in [0.4, 0.5) is 0 Å². The molecule has 5 nitrogen and oxygen atoms in total. The molecule has 3 rings (SSSR count). The second-order valence-corrected chi connectivity index (χ2v) is 7.57. The highest BCUT2D eigenvalue weighted by molar-refractivity contribution is 7.89. The Morgan fingerprint density at radius 2 is 2.11 bits per heavy atom. The zero-order chi connectivity index (χ0) is 13.6. The summed E-state index contributed by atoms with van der Waals surface area (Å²) in [6, 6.07) is 2.03. The van der Waals surface area contributed by atoms with Crippen molar-refractivity contribution in [3.8, 4) is 0 Å². The first-order valence-electron chi connectivity index (χ1n) is 6.83. The predicted molar refractivity (Wildman–Crippen MR) is 71.1 cm³/mol. The fraction of sp³-hybridized carbons (Fsp3) is 0.692. The second kappa shape index (κ2) is 4.61. The van der Waals surface area contributed by atoms with Crippen molar-refractivity contribution in [2.45, 2.75) is 56.2 Å². The van der Waals surface area contributed by atoms with Gasteiger partial charge in [0, 0.05) is 24.0 Å². The first-order valence-corrected chi connectivity index (χ1v) is 8.32. The zero-order valence-electron chi connectivity index (χ0n) is 11.0. The Morgan fingerprint density at radius 1 is 1.42 bits per heavy atom. The highest BCUT2D eigenvalue weighted by Gasteiger charge is 2.32. The molecule has 19 heavy (non-hydrogen) atoms. The summed E-state index contributed by atoms with van der Waals surface area (Å²) in [5.74, 6) is 0.608. The number of nitrogens with zero attached hydrogens (tertiary/aromatic N) is 1. The van der Waals surface area contributed by atoms with Crippen LogP contribution in [0.2, 0.25) is 0 Å². The minimum Gasteiger partial charge on any atom is -0.390 e. The van der Waals surface area contributed by atoms with Gasteiger partial charge in [0.2, 0.25) is 10.0 Å². The largest absolute Gasteiger partial charge is 0.390 e. The zero-order valence-corrected chi connectivity index (χ0v) is 11.9. The van der Waals surface area contributed by atoms with Crippen LogP contribution in [0.1, 0.15) is 44.3 Å². The van der Waals surface area contributed by atoms with Gasteiger partial charge in [-0.25, -0.2) is 13.1 Å². The van der Waals surface area contributed by atoms with E-state index in [1.165, 1.54) is 0 Å². The standard InChI is InChI=1S/C13H20N2O3S/c1-9-4-10(5-9)14-19(17,18)13-6-12(8-16)15(7-13)11-2-3-11/h6-7,9-11,14,16H,2-5,8H2,1H3. The van der Waals surface area contributed by atoms with Crippen molar-refractivity contribution in [2.75, 3.05) is 0 Å². The number of sulfonamides is 1. The molecule has 2 aliphatic rings. The van der Waals surface area contributed by atoms with E-state index in [9.17, 15) is 13.5 Å². The van der Waals surface area contributed by atoms with Crippen LogP contribution in [0.15, 0.2) is 17.2 Å². The van der Waals surface area contributed by atoms with Gasteiger partial charge in [0.25, 0.3) is 0 Å². The SMILES string of the molecule is CC1CC(NS(=O)(=O)c2cc(CO)n(C3CC3)c2)C1.